The van der Waals surface area contributed by atoms with Crippen molar-refractivity contribution in [3.05, 3.63) is 21.9 Å². The highest BCUT2D eigenvalue weighted by molar-refractivity contribution is 7.12. The van der Waals surface area contributed by atoms with Crippen molar-refractivity contribution in [1.29, 1.82) is 0 Å². The molecule has 1 atom stereocenters. The van der Waals surface area contributed by atoms with Crippen LogP contribution >= 0.6 is 11.3 Å². The minimum absolute atomic E-state index is 0.250. The summed E-state index contributed by atoms with van der Waals surface area (Å²) >= 11 is 1.87. The summed E-state index contributed by atoms with van der Waals surface area (Å²) in [5.41, 5.74) is 0.250. The van der Waals surface area contributed by atoms with E-state index < -0.39 is 0 Å². The zero-order valence-electron chi connectivity index (χ0n) is 10.7. The largest absolute Gasteiger partial charge is 0.396 e. The molecule has 16 heavy (non-hydrogen) atoms. The summed E-state index contributed by atoms with van der Waals surface area (Å²) in [5.74, 6) is 0. The van der Waals surface area contributed by atoms with Crippen LogP contribution in [0.25, 0.3) is 0 Å². The van der Waals surface area contributed by atoms with E-state index in [2.05, 4.69) is 45.1 Å². The molecule has 0 bridgehead atoms. The normalized spacial score (nSPS) is 14.1. The number of hydrogen-bond acceptors (Lipinski definition) is 3. The molecule has 0 fully saturated rings. The molecule has 0 saturated carbocycles. The first-order chi connectivity index (χ1) is 7.43. The first kappa shape index (κ1) is 13.7. The standard InChI is InChI=1S/C13H23NOS/c1-10(7-8-15)14-9-11-5-6-12(16-11)13(2,3)4/h5-6,10,14-15H,7-9H2,1-4H3/t10-/m1/s1. The highest BCUT2D eigenvalue weighted by Crippen LogP contribution is 2.29. The molecule has 0 radical (unpaired) electrons. The van der Waals surface area contributed by atoms with Crippen LogP contribution in [0.5, 0.6) is 0 Å². The molecule has 0 aliphatic rings. The summed E-state index contributed by atoms with van der Waals surface area (Å²) in [6.45, 7) is 9.99. The lowest BCUT2D eigenvalue weighted by molar-refractivity contribution is 0.269. The third-order valence-electron chi connectivity index (χ3n) is 2.59. The molecule has 1 rings (SSSR count). The van der Waals surface area contributed by atoms with Crippen LogP contribution < -0.4 is 5.32 Å². The van der Waals surface area contributed by atoms with E-state index in [1.807, 2.05) is 11.3 Å². The van der Waals surface area contributed by atoms with Crippen molar-refractivity contribution < 1.29 is 5.11 Å². The summed E-state index contributed by atoms with van der Waals surface area (Å²) in [6, 6.07) is 4.80. The maximum Gasteiger partial charge on any atom is 0.0445 e. The first-order valence-electron chi connectivity index (χ1n) is 5.87. The van der Waals surface area contributed by atoms with E-state index in [1.54, 1.807) is 0 Å². The van der Waals surface area contributed by atoms with Gasteiger partial charge in [-0.25, -0.2) is 0 Å². The molecule has 0 spiro atoms. The predicted molar refractivity (Wildman–Crippen MR) is 71.0 cm³/mol. The van der Waals surface area contributed by atoms with E-state index in [9.17, 15) is 0 Å². The van der Waals surface area contributed by atoms with Crippen molar-refractivity contribution in [3.63, 3.8) is 0 Å². The van der Waals surface area contributed by atoms with Gasteiger partial charge in [-0.1, -0.05) is 20.8 Å². The molecule has 0 aliphatic carbocycles. The Morgan fingerprint density at radius 3 is 2.56 bits per heavy atom. The molecule has 2 N–H and O–H groups in total. The van der Waals surface area contributed by atoms with Crippen LogP contribution in [0.3, 0.4) is 0 Å². The summed E-state index contributed by atoms with van der Waals surface area (Å²) in [5, 5.41) is 12.2. The van der Waals surface area contributed by atoms with Crippen LogP contribution in [0.15, 0.2) is 12.1 Å². The van der Waals surface area contributed by atoms with Crippen molar-refractivity contribution in [2.45, 2.75) is 52.1 Å². The fraction of sp³-hybridized carbons (Fsp3) is 0.692. The molecule has 0 saturated heterocycles. The van der Waals surface area contributed by atoms with E-state index in [-0.39, 0.29) is 12.0 Å². The van der Waals surface area contributed by atoms with E-state index in [4.69, 9.17) is 5.11 Å². The van der Waals surface area contributed by atoms with Crippen molar-refractivity contribution in [2.75, 3.05) is 6.61 Å². The van der Waals surface area contributed by atoms with Crippen LogP contribution in [0.2, 0.25) is 0 Å². The minimum Gasteiger partial charge on any atom is -0.396 e. The zero-order chi connectivity index (χ0) is 12.2. The molecule has 0 unspecified atom stereocenters. The average Bonchev–Trinajstić information content (AvgIpc) is 2.63. The fourth-order valence-corrected chi connectivity index (χ4v) is 2.46. The van der Waals surface area contributed by atoms with Crippen LogP contribution in [0.1, 0.15) is 43.9 Å². The van der Waals surface area contributed by atoms with Crippen LogP contribution in [-0.4, -0.2) is 17.8 Å². The third kappa shape index (κ3) is 4.24. The van der Waals surface area contributed by atoms with E-state index >= 15 is 0 Å². The maximum absolute atomic E-state index is 8.81. The highest BCUT2D eigenvalue weighted by atomic mass is 32.1. The van der Waals surface area contributed by atoms with Gasteiger partial charge in [0.25, 0.3) is 0 Å². The molecule has 0 aromatic carbocycles. The molecule has 0 aliphatic heterocycles. The number of nitrogens with one attached hydrogen (secondary N) is 1. The van der Waals surface area contributed by atoms with E-state index in [0.29, 0.717) is 6.04 Å². The summed E-state index contributed by atoms with van der Waals surface area (Å²) in [7, 11) is 0. The van der Waals surface area contributed by atoms with Gasteiger partial charge in [-0.15, -0.1) is 11.3 Å². The van der Waals surface area contributed by atoms with Crippen LogP contribution in [0.4, 0.5) is 0 Å². The summed E-state index contributed by atoms with van der Waals surface area (Å²) < 4.78 is 0. The second-order valence-corrected chi connectivity index (χ2v) is 6.48. The van der Waals surface area contributed by atoms with Gasteiger partial charge >= 0.3 is 0 Å². The lowest BCUT2D eigenvalue weighted by Gasteiger charge is -2.15. The Balaban J connectivity index is 2.47. The van der Waals surface area contributed by atoms with Gasteiger partial charge in [-0.05, 0) is 30.9 Å². The monoisotopic (exact) mass is 241 g/mol. The second-order valence-electron chi connectivity index (χ2n) is 5.31. The second kappa shape index (κ2) is 5.80. The topological polar surface area (TPSA) is 32.3 Å². The van der Waals surface area contributed by atoms with Gasteiger partial charge in [0.1, 0.15) is 0 Å². The first-order valence-corrected chi connectivity index (χ1v) is 6.68. The Morgan fingerprint density at radius 1 is 1.38 bits per heavy atom. The van der Waals surface area contributed by atoms with Gasteiger partial charge in [0.05, 0.1) is 0 Å². The van der Waals surface area contributed by atoms with Crippen LogP contribution in [0, 0.1) is 0 Å². The molecule has 92 valence electrons. The lowest BCUT2D eigenvalue weighted by Crippen LogP contribution is -2.25. The average molecular weight is 241 g/mol. The molecule has 0 amide bonds. The molecular weight excluding hydrogens is 218 g/mol. The van der Waals surface area contributed by atoms with Gasteiger partial charge in [0, 0.05) is 28.9 Å². The molecule has 1 aromatic heterocycles. The maximum atomic E-state index is 8.81. The van der Waals surface area contributed by atoms with E-state index in [1.165, 1.54) is 9.75 Å². The van der Waals surface area contributed by atoms with Gasteiger partial charge in [-0.3, -0.25) is 0 Å². The van der Waals surface area contributed by atoms with Crippen molar-refractivity contribution in [1.82, 2.24) is 5.32 Å². The Bertz CT molecular complexity index is 314. The highest BCUT2D eigenvalue weighted by Gasteiger charge is 2.15. The molecule has 3 heteroatoms. The lowest BCUT2D eigenvalue weighted by atomic mass is 9.95. The Kier molecular flexibility index (Phi) is 4.96. The van der Waals surface area contributed by atoms with Crippen molar-refractivity contribution in [2.24, 2.45) is 0 Å². The number of hydrogen-bond donors (Lipinski definition) is 2. The van der Waals surface area contributed by atoms with E-state index in [0.717, 1.165) is 13.0 Å². The van der Waals surface area contributed by atoms with Crippen LogP contribution in [-0.2, 0) is 12.0 Å². The number of thiophene rings is 1. The van der Waals surface area contributed by atoms with Gasteiger partial charge in [0.2, 0.25) is 0 Å². The Labute approximate surface area is 103 Å². The molecular formula is C13H23NOS. The fourth-order valence-electron chi connectivity index (χ4n) is 1.45. The Morgan fingerprint density at radius 2 is 2.06 bits per heavy atom. The zero-order valence-corrected chi connectivity index (χ0v) is 11.5. The SMILES string of the molecule is C[C@H](CCO)NCc1ccc(C(C)(C)C)s1. The van der Waals surface area contributed by atoms with Crippen molar-refractivity contribution >= 4 is 11.3 Å². The Hall–Kier alpha value is -0.380. The smallest absolute Gasteiger partial charge is 0.0445 e. The molecule has 1 aromatic rings. The number of rotatable bonds is 5. The molecule has 1 heterocycles. The third-order valence-corrected chi connectivity index (χ3v) is 4.10. The quantitative estimate of drug-likeness (QED) is 0.831. The molecule has 2 nitrogen and oxygen atoms in total. The predicted octanol–water partition coefficient (Wildman–Crippen LogP) is 2.91. The summed E-state index contributed by atoms with van der Waals surface area (Å²) in [6.07, 6.45) is 0.817. The number of aliphatic hydroxyl groups is 1. The minimum atomic E-state index is 0.250. The van der Waals surface area contributed by atoms with Crippen molar-refractivity contribution in [3.8, 4) is 0 Å². The van der Waals surface area contributed by atoms with Gasteiger partial charge in [-0.2, -0.15) is 0 Å². The van der Waals surface area contributed by atoms with Gasteiger partial charge < -0.3 is 10.4 Å². The number of aliphatic hydroxyl groups excluding tert-OH is 1. The summed E-state index contributed by atoms with van der Waals surface area (Å²) in [4.78, 5) is 2.80. The van der Waals surface area contributed by atoms with Gasteiger partial charge in [0.15, 0.2) is 0 Å².